The predicted molar refractivity (Wildman–Crippen MR) is 74.8 cm³/mol. The number of amides is 1. The molecule has 1 N–H and O–H groups in total. The Balaban J connectivity index is 2.14. The van der Waals surface area contributed by atoms with E-state index in [-0.39, 0.29) is 11.4 Å². The van der Waals surface area contributed by atoms with Crippen LogP contribution in [0.25, 0.3) is 0 Å². The first-order chi connectivity index (χ1) is 8.52. The van der Waals surface area contributed by atoms with Crippen molar-refractivity contribution in [2.75, 3.05) is 13.2 Å². The van der Waals surface area contributed by atoms with E-state index in [9.17, 15) is 4.79 Å². The van der Waals surface area contributed by atoms with E-state index in [0.717, 1.165) is 29.5 Å². The van der Waals surface area contributed by atoms with Gasteiger partial charge in [0, 0.05) is 11.1 Å². The third kappa shape index (κ3) is 2.93. The maximum Gasteiger partial charge on any atom is 0.252 e. The highest BCUT2D eigenvalue weighted by Gasteiger charge is 2.30. The molecule has 1 aromatic rings. The highest BCUT2D eigenvalue weighted by atomic mass is 79.9. The summed E-state index contributed by atoms with van der Waals surface area (Å²) in [6.45, 7) is 5.39. The number of hydrogen-bond acceptors (Lipinski definition) is 2. The van der Waals surface area contributed by atoms with Crippen molar-refractivity contribution in [3.05, 3.63) is 33.8 Å². The summed E-state index contributed by atoms with van der Waals surface area (Å²) in [5.41, 5.74) is 1.49. The van der Waals surface area contributed by atoms with Crippen LogP contribution in [0.3, 0.4) is 0 Å². The van der Waals surface area contributed by atoms with Gasteiger partial charge in [0.25, 0.3) is 5.91 Å². The Bertz CT molecular complexity index is 453. The van der Waals surface area contributed by atoms with Crippen molar-refractivity contribution in [3.63, 3.8) is 0 Å². The zero-order chi connectivity index (χ0) is 13.2. The Morgan fingerprint density at radius 3 is 2.94 bits per heavy atom. The highest BCUT2D eigenvalue weighted by molar-refractivity contribution is 9.10. The van der Waals surface area contributed by atoms with Crippen molar-refractivity contribution in [2.24, 2.45) is 0 Å². The van der Waals surface area contributed by atoms with Crippen LogP contribution in [0.4, 0.5) is 0 Å². The van der Waals surface area contributed by atoms with Crippen molar-refractivity contribution in [1.82, 2.24) is 5.32 Å². The van der Waals surface area contributed by atoms with Gasteiger partial charge in [-0.2, -0.15) is 0 Å². The van der Waals surface area contributed by atoms with Gasteiger partial charge in [-0.05, 0) is 54.2 Å². The Morgan fingerprint density at radius 2 is 2.28 bits per heavy atom. The smallest absolute Gasteiger partial charge is 0.252 e. The molecule has 0 aromatic heterocycles. The van der Waals surface area contributed by atoms with Crippen molar-refractivity contribution >= 4 is 21.8 Å². The van der Waals surface area contributed by atoms with E-state index in [2.05, 4.69) is 21.2 Å². The molecule has 3 nitrogen and oxygen atoms in total. The SMILES string of the molecule is Cc1cccc(C(=O)NC2(C)CCCOC2)c1Br. The van der Waals surface area contributed by atoms with Gasteiger partial charge in [-0.25, -0.2) is 0 Å². The fourth-order valence-corrected chi connectivity index (χ4v) is 2.64. The van der Waals surface area contributed by atoms with E-state index in [1.165, 1.54) is 0 Å². The van der Waals surface area contributed by atoms with Gasteiger partial charge in [0.05, 0.1) is 17.7 Å². The van der Waals surface area contributed by atoms with Gasteiger partial charge in [-0.1, -0.05) is 12.1 Å². The van der Waals surface area contributed by atoms with Crippen LogP contribution in [-0.2, 0) is 4.74 Å². The standard InChI is InChI=1S/C14H18BrNO2/c1-10-5-3-6-11(12(10)15)13(17)16-14(2)7-4-8-18-9-14/h3,5-6H,4,7-9H2,1-2H3,(H,16,17). The summed E-state index contributed by atoms with van der Waals surface area (Å²) in [5.74, 6) is -0.0430. The zero-order valence-corrected chi connectivity index (χ0v) is 12.3. The molecule has 1 aliphatic rings. The van der Waals surface area contributed by atoms with Crippen LogP contribution >= 0.6 is 15.9 Å². The van der Waals surface area contributed by atoms with Crippen LogP contribution in [0.1, 0.15) is 35.7 Å². The highest BCUT2D eigenvalue weighted by Crippen LogP contribution is 2.23. The van der Waals surface area contributed by atoms with Crippen LogP contribution in [-0.4, -0.2) is 24.7 Å². The number of carbonyl (C=O) groups is 1. The average molecular weight is 312 g/mol. The summed E-state index contributed by atoms with van der Waals surface area (Å²) in [4.78, 5) is 12.3. The van der Waals surface area contributed by atoms with Gasteiger partial charge in [-0.15, -0.1) is 0 Å². The van der Waals surface area contributed by atoms with E-state index in [4.69, 9.17) is 4.74 Å². The van der Waals surface area contributed by atoms with E-state index in [0.29, 0.717) is 12.2 Å². The maximum atomic E-state index is 12.3. The molecule has 1 amide bonds. The molecule has 0 spiro atoms. The Labute approximate surface area is 116 Å². The molecule has 1 heterocycles. The van der Waals surface area contributed by atoms with Crippen LogP contribution < -0.4 is 5.32 Å². The zero-order valence-electron chi connectivity index (χ0n) is 10.8. The Kier molecular flexibility index (Phi) is 4.07. The molecular formula is C14H18BrNO2. The topological polar surface area (TPSA) is 38.3 Å². The van der Waals surface area contributed by atoms with Crippen molar-refractivity contribution in [1.29, 1.82) is 0 Å². The summed E-state index contributed by atoms with van der Waals surface area (Å²) in [6, 6.07) is 5.71. The molecule has 1 saturated heterocycles. The Morgan fingerprint density at radius 1 is 1.50 bits per heavy atom. The molecule has 0 aliphatic carbocycles. The first-order valence-corrected chi connectivity index (χ1v) is 6.96. The lowest BCUT2D eigenvalue weighted by Crippen LogP contribution is -2.51. The first kappa shape index (κ1) is 13.6. The summed E-state index contributed by atoms with van der Waals surface area (Å²) in [7, 11) is 0. The summed E-state index contributed by atoms with van der Waals surface area (Å²) in [5, 5.41) is 3.09. The quantitative estimate of drug-likeness (QED) is 0.911. The summed E-state index contributed by atoms with van der Waals surface area (Å²) in [6.07, 6.45) is 1.95. The van der Waals surface area contributed by atoms with Crippen molar-refractivity contribution in [2.45, 2.75) is 32.2 Å². The van der Waals surface area contributed by atoms with Gasteiger partial charge < -0.3 is 10.1 Å². The van der Waals surface area contributed by atoms with Crippen LogP contribution in [0.5, 0.6) is 0 Å². The molecule has 1 unspecified atom stereocenters. The number of benzene rings is 1. The van der Waals surface area contributed by atoms with Crippen molar-refractivity contribution < 1.29 is 9.53 Å². The molecule has 1 aromatic carbocycles. The molecule has 0 bridgehead atoms. The lowest BCUT2D eigenvalue weighted by Gasteiger charge is -2.34. The van der Waals surface area contributed by atoms with E-state index >= 15 is 0 Å². The van der Waals surface area contributed by atoms with Crippen LogP contribution in [0.2, 0.25) is 0 Å². The average Bonchev–Trinajstić information content (AvgIpc) is 2.33. The lowest BCUT2D eigenvalue weighted by molar-refractivity contribution is 0.0272. The maximum absolute atomic E-state index is 12.3. The number of halogens is 1. The number of nitrogens with one attached hydrogen (secondary N) is 1. The van der Waals surface area contributed by atoms with E-state index < -0.39 is 0 Å². The van der Waals surface area contributed by atoms with Gasteiger partial charge in [-0.3, -0.25) is 4.79 Å². The second-order valence-electron chi connectivity index (χ2n) is 5.11. The molecule has 1 aliphatic heterocycles. The summed E-state index contributed by atoms with van der Waals surface area (Å²) < 4.78 is 6.31. The predicted octanol–water partition coefficient (Wildman–Crippen LogP) is 3.06. The fourth-order valence-electron chi connectivity index (χ4n) is 2.20. The molecule has 1 atom stereocenters. The Hall–Kier alpha value is -0.870. The minimum absolute atomic E-state index is 0.0430. The minimum Gasteiger partial charge on any atom is -0.379 e. The molecule has 98 valence electrons. The second kappa shape index (κ2) is 5.41. The van der Waals surface area contributed by atoms with Gasteiger partial charge in [0.1, 0.15) is 0 Å². The first-order valence-electron chi connectivity index (χ1n) is 6.17. The van der Waals surface area contributed by atoms with Crippen molar-refractivity contribution in [3.8, 4) is 0 Å². The minimum atomic E-state index is -0.251. The molecule has 0 radical (unpaired) electrons. The largest absolute Gasteiger partial charge is 0.379 e. The third-order valence-corrected chi connectivity index (χ3v) is 4.34. The third-order valence-electron chi connectivity index (χ3n) is 3.29. The van der Waals surface area contributed by atoms with E-state index in [1.54, 1.807) is 0 Å². The van der Waals surface area contributed by atoms with Gasteiger partial charge in [0.15, 0.2) is 0 Å². The normalized spacial score (nSPS) is 23.7. The lowest BCUT2D eigenvalue weighted by atomic mass is 9.94. The number of hydrogen-bond donors (Lipinski definition) is 1. The number of ether oxygens (including phenoxy) is 1. The van der Waals surface area contributed by atoms with Crippen LogP contribution in [0.15, 0.2) is 22.7 Å². The second-order valence-corrected chi connectivity index (χ2v) is 5.90. The molecule has 1 fully saturated rings. The number of rotatable bonds is 2. The van der Waals surface area contributed by atoms with E-state index in [1.807, 2.05) is 32.0 Å². The fraction of sp³-hybridized carbons (Fsp3) is 0.500. The molecule has 2 rings (SSSR count). The van der Waals surface area contributed by atoms with Crippen LogP contribution in [0, 0.1) is 6.92 Å². The molecule has 0 saturated carbocycles. The monoisotopic (exact) mass is 311 g/mol. The summed E-state index contributed by atoms with van der Waals surface area (Å²) >= 11 is 3.47. The number of aryl methyl sites for hydroxylation is 1. The van der Waals surface area contributed by atoms with Gasteiger partial charge >= 0.3 is 0 Å². The molecule has 4 heteroatoms. The molecule has 18 heavy (non-hydrogen) atoms. The molecular weight excluding hydrogens is 294 g/mol. The van der Waals surface area contributed by atoms with Gasteiger partial charge in [0.2, 0.25) is 0 Å². The number of carbonyl (C=O) groups excluding carboxylic acids is 1.